The van der Waals surface area contributed by atoms with Gasteiger partial charge >= 0.3 is 0 Å². The molecule has 37 heavy (non-hydrogen) atoms. The van der Waals surface area contributed by atoms with E-state index in [9.17, 15) is 19.2 Å². The van der Waals surface area contributed by atoms with Gasteiger partial charge in [-0.25, -0.2) is 0 Å². The summed E-state index contributed by atoms with van der Waals surface area (Å²) in [5.74, 6) is -2.46. The normalized spacial score (nSPS) is 11.1. The topological polar surface area (TPSA) is 81.4 Å². The van der Waals surface area contributed by atoms with Gasteiger partial charge in [-0.15, -0.1) is 0 Å². The predicted octanol–water partition coefficient (Wildman–Crippen LogP) is 6.87. The van der Waals surface area contributed by atoms with Gasteiger partial charge in [-0.2, -0.15) is 0 Å². The van der Waals surface area contributed by atoms with Crippen LogP contribution < -0.4 is 0 Å². The molecule has 0 aliphatic carbocycles. The molecule has 0 spiro atoms. The van der Waals surface area contributed by atoms with E-state index in [-0.39, 0.29) is 11.1 Å². The molecule has 5 nitrogen and oxygen atoms in total. The number of hydrogen-bond donors (Lipinski definition) is 0. The summed E-state index contributed by atoms with van der Waals surface area (Å²) in [6.45, 7) is 0. The smallest absolute Gasteiger partial charge is 0.233 e. The minimum atomic E-state index is -0.632. The highest BCUT2D eigenvalue weighted by Crippen LogP contribution is 2.37. The Morgan fingerprint density at radius 3 is 1.38 bits per heavy atom. The van der Waals surface area contributed by atoms with Crippen LogP contribution in [0.15, 0.2) is 114 Å². The van der Waals surface area contributed by atoms with E-state index in [2.05, 4.69) is 0 Å². The van der Waals surface area contributed by atoms with E-state index in [0.717, 1.165) is 16.2 Å². The molecule has 0 radical (unpaired) electrons. The lowest BCUT2D eigenvalue weighted by Crippen LogP contribution is -2.14. The van der Waals surface area contributed by atoms with Gasteiger partial charge in [-0.3, -0.25) is 19.2 Å². The average Bonchev–Trinajstić information content (AvgIpc) is 3.46. The lowest BCUT2D eigenvalue weighted by Gasteiger charge is -2.10. The Bertz CT molecular complexity index is 1740. The second-order valence-corrected chi connectivity index (χ2v) is 8.73. The van der Waals surface area contributed by atoms with E-state index in [1.165, 1.54) is 0 Å². The number of rotatable bonds is 6. The molecular weight excluding hydrogens is 464 g/mol. The molecule has 5 aromatic carbocycles. The highest BCUT2D eigenvalue weighted by molar-refractivity contribution is 6.50. The quantitative estimate of drug-likeness (QED) is 0.147. The second-order valence-electron chi connectivity index (χ2n) is 8.73. The molecule has 0 aliphatic heterocycles. The molecule has 0 unspecified atom stereocenters. The molecule has 6 aromatic rings. The zero-order valence-electron chi connectivity index (χ0n) is 19.4. The summed E-state index contributed by atoms with van der Waals surface area (Å²) in [5.41, 5.74) is 1.73. The molecule has 0 saturated heterocycles. The Hall–Kier alpha value is -5.16. The summed E-state index contributed by atoms with van der Waals surface area (Å²) in [6, 6.07) is 28.7. The fourth-order valence-electron chi connectivity index (χ4n) is 4.68. The van der Waals surface area contributed by atoms with E-state index in [1.54, 1.807) is 103 Å². The molecule has 0 bridgehead atoms. The van der Waals surface area contributed by atoms with Crippen molar-refractivity contribution in [1.82, 2.24) is 0 Å². The first-order valence-corrected chi connectivity index (χ1v) is 11.7. The number of carbonyl (C=O) groups excluding carboxylic acids is 4. The van der Waals surface area contributed by atoms with Gasteiger partial charge in [0.1, 0.15) is 5.58 Å². The standard InChI is InChI=1S/C32H18O5/c33-28(19-7-3-1-4-8-19)30(35)21-11-13-23-25-15-16-37-32(25)24-14-12-22(18-27(24)26(23)17-21)31(36)29(34)20-9-5-2-6-10-20/h1-18H. The van der Waals surface area contributed by atoms with E-state index in [4.69, 9.17) is 4.42 Å². The summed E-state index contributed by atoms with van der Waals surface area (Å²) in [7, 11) is 0. The van der Waals surface area contributed by atoms with E-state index < -0.39 is 23.1 Å². The van der Waals surface area contributed by atoms with Gasteiger partial charge < -0.3 is 4.42 Å². The fraction of sp³-hybridized carbons (Fsp3) is 0. The van der Waals surface area contributed by atoms with Crippen molar-refractivity contribution in [1.29, 1.82) is 0 Å². The summed E-state index contributed by atoms with van der Waals surface area (Å²) in [4.78, 5) is 51.8. The Labute approximate surface area is 210 Å². The number of hydrogen-bond acceptors (Lipinski definition) is 5. The van der Waals surface area contributed by atoms with Gasteiger partial charge in [-0.1, -0.05) is 78.9 Å². The highest BCUT2D eigenvalue weighted by atomic mass is 16.3. The first-order valence-electron chi connectivity index (χ1n) is 11.7. The predicted molar refractivity (Wildman–Crippen MR) is 141 cm³/mol. The maximum absolute atomic E-state index is 13.1. The van der Waals surface area contributed by atoms with Crippen molar-refractivity contribution in [2.75, 3.05) is 0 Å². The van der Waals surface area contributed by atoms with Gasteiger partial charge in [0.15, 0.2) is 0 Å². The number of Topliss-reactive ketones (excluding diaryl/α,β-unsaturated/α-hetero) is 4. The third-order valence-electron chi connectivity index (χ3n) is 6.54. The van der Waals surface area contributed by atoms with Crippen molar-refractivity contribution in [3.63, 3.8) is 0 Å². The number of ketones is 4. The highest BCUT2D eigenvalue weighted by Gasteiger charge is 2.22. The molecule has 1 aromatic heterocycles. The monoisotopic (exact) mass is 482 g/mol. The maximum Gasteiger partial charge on any atom is 0.233 e. The van der Waals surface area contributed by atoms with Crippen molar-refractivity contribution < 1.29 is 23.6 Å². The third kappa shape index (κ3) is 3.74. The molecule has 0 aliphatic rings. The Morgan fingerprint density at radius 2 is 0.838 bits per heavy atom. The first kappa shape index (κ1) is 22.3. The average molecular weight is 482 g/mol. The van der Waals surface area contributed by atoms with Gasteiger partial charge in [0, 0.05) is 33.0 Å². The van der Waals surface area contributed by atoms with E-state index >= 15 is 0 Å². The van der Waals surface area contributed by atoms with Crippen molar-refractivity contribution in [3.8, 4) is 0 Å². The van der Waals surface area contributed by atoms with Crippen LogP contribution in [-0.2, 0) is 0 Å². The minimum absolute atomic E-state index is 0.227. The van der Waals surface area contributed by atoms with Crippen molar-refractivity contribution in [2.45, 2.75) is 0 Å². The molecule has 0 N–H and O–H groups in total. The number of carbonyl (C=O) groups is 4. The van der Waals surface area contributed by atoms with Crippen LogP contribution in [0.5, 0.6) is 0 Å². The first-order chi connectivity index (χ1) is 18.0. The SMILES string of the molecule is O=C(C(=O)c1ccc2c(c1)c1cc(C(=O)C(=O)c3ccccc3)ccc1c1occc21)c1ccccc1. The third-order valence-corrected chi connectivity index (χ3v) is 6.54. The summed E-state index contributed by atoms with van der Waals surface area (Å²) in [6.07, 6.45) is 1.58. The van der Waals surface area contributed by atoms with Crippen LogP contribution in [0.3, 0.4) is 0 Å². The zero-order valence-corrected chi connectivity index (χ0v) is 19.4. The number of furan rings is 1. The van der Waals surface area contributed by atoms with Crippen molar-refractivity contribution in [3.05, 3.63) is 132 Å². The van der Waals surface area contributed by atoms with Crippen LogP contribution in [0.2, 0.25) is 0 Å². The summed E-state index contributed by atoms with van der Waals surface area (Å²) >= 11 is 0. The number of benzene rings is 5. The van der Waals surface area contributed by atoms with E-state index in [1.807, 2.05) is 6.07 Å². The molecule has 0 amide bonds. The Balaban J connectivity index is 1.52. The molecule has 0 saturated carbocycles. The molecule has 5 heteroatoms. The molecule has 0 fully saturated rings. The van der Waals surface area contributed by atoms with Crippen LogP contribution in [0.4, 0.5) is 0 Å². The molecule has 176 valence electrons. The van der Waals surface area contributed by atoms with Gasteiger partial charge in [0.05, 0.1) is 6.26 Å². The van der Waals surface area contributed by atoms with Crippen LogP contribution in [0.1, 0.15) is 41.4 Å². The zero-order chi connectivity index (χ0) is 25.5. The maximum atomic E-state index is 13.1. The fourth-order valence-corrected chi connectivity index (χ4v) is 4.68. The van der Waals surface area contributed by atoms with E-state index in [0.29, 0.717) is 27.5 Å². The van der Waals surface area contributed by atoms with Gasteiger partial charge in [0.2, 0.25) is 23.1 Å². The molecular formula is C32H18O5. The molecule has 0 atom stereocenters. The Kier molecular flexibility index (Phi) is 5.31. The van der Waals surface area contributed by atoms with Crippen molar-refractivity contribution in [2.24, 2.45) is 0 Å². The second kappa shape index (κ2) is 8.81. The van der Waals surface area contributed by atoms with Crippen LogP contribution in [0, 0.1) is 0 Å². The minimum Gasteiger partial charge on any atom is -0.464 e. The Morgan fingerprint density at radius 1 is 0.405 bits per heavy atom. The molecule has 1 heterocycles. The molecule has 6 rings (SSSR count). The van der Waals surface area contributed by atoms with Crippen molar-refractivity contribution >= 4 is 55.6 Å². The van der Waals surface area contributed by atoms with Crippen LogP contribution in [0.25, 0.3) is 32.5 Å². The summed E-state index contributed by atoms with van der Waals surface area (Å²) in [5, 5.41) is 3.70. The van der Waals surface area contributed by atoms with Gasteiger partial charge in [-0.05, 0) is 40.4 Å². The lowest BCUT2D eigenvalue weighted by molar-refractivity contribution is 0.0817. The summed E-state index contributed by atoms with van der Waals surface area (Å²) < 4.78 is 5.76. The van der Waals surface area contributed by atoms with Crippen LogP contribution >= 0.6 is 0 Å². The number of fused-ring (bicyclic) bond motifs is 6. The largest absolute Gasteiger partial charge is 0.464 e. The lowest BCUT2D eigenvalue weighted by atomic mass is 9.92. The van der Waals surface area contributed by atoms with Gasteiger partial charge in [0.25, 0.3) is 0 Å². The van der Waals surface area contributed by atoms with Crippen LogP contribution in [-0.4, -0.2) is 23.1 Å².